The van der Waals surface area contributed by atoms with Gasteiger partial charge in [-0.05, 0) is 40.7 Å². The molecule has 1 aromatic heterocycles. The first-order valence-electron chi connectivity index (χ1n) is 6.32. The first-order chi connectivity index (χ1) is 8.88. The predicted molar refractivity (Wildman–Crippen MR) is 69.4 cm³/mol. The highest BCUT2D eigenvalue weighted by Gasteiger charge is 2.15. The third-order valence-electron chi connectivity index (χ3n) is 2.22. The number of tetrazole rings is 1. The molecule has 0 radical (unpaired) electrons. The monoisotopic (exact) mass is 270 g/mol. The van der Waals surface area contributed by atoms with Crippen LogP contribution in [-0.2, 0) is 4.74 Å². The van der Waals surface area contributed by atoms with E-state index in [0.717, 1.165) is 13.0 Å². The Morgan fingerprint density at radius 2 is 2.16 bits per heavy atom. The van der Waals surface area contributed by atoms with E-state index in [1.54, 1.807) is 0 Å². The molecule has 0 bridgehead atoms. The van der Waals surface area contributed by atoms with Crippen molar-refractivity contribution in [2.24, 2.45) is 0 Å². The maximum Gasteiger partial charge on any atom is 0.407 e. The molecule has 1 atom stereocenters. The van der Waals surface area contributed by atoms with Crippen LogP contribution in [-0.4, -0.2) is 45.4 Å². The lowest BCUT2D eigenvalue weighted by Gasteiger charge is -2.19. The molecule has 0 saturated heterocycles. The van der Waals surface area contributed by atoms with Crippen molar-refractivity contribution in [1.29, 1.82) is 0 Å². The van der Waals surface area contributed by atoms with E-state index in [4.69, 9.17) is 4.74 Å². The molecule has 0 saturated carbocycles. The van der Waals surface area contributed by atoms with E-state index >= 15 is 0 Å². The first-order valence-corrected chi connectivity index (χ1v) is 6.32. The molecule has 19 heavy (non-hydrogen) atoms. The van der Waals surface area contributed by atoms with Crippen molar-refractivity contribution in [1.82, 2.24) is 31.3 Å². The van der Waals surface area contributed by atoms with Crippen LogP contribution in [0.2, 0.25) is 0 Å². The van der Waals surface area contributed by atoms with Crippen LogP contribution in [0.1, 0.15) is 46.0 Å². The van der Waals surface area contributed by atoms with Crippen molar-refractivity contribution < 1.29 is 9.53 Å². The van der Waals surface area contributed by atoms with E-state index in [0.29, 0.717) is 12.4 Å². The molecule has 1 amide bonds. The van der Waals surface area contributed by atoms with Gasteiger partial charge in [-0.15, -0.1) is 10.2 Å². The number of amides is 1. The van der Waals surface area contributed by atoms with Crippen molar-refractivity contribution in [3.63, 3.8) is 0 Å². The van der Waals surface area contributed by atoms with Crippen LogP contribution in [0.3, 0.4) is 0 Å². The number of H-pyrrole nitrogens is 1. The number of aromatic amines is 1. The molecule has 1 aromatic rings. The van der Waals surface area contributed by atoms with Gasteiger partial charge in [0.2, 0.25) is 0 Å². The number of hydrogen-bond donors (Lipinski definition) is 3. The summed E-state index contributed by atoms with van der Waals surface area (Å²) in [5.41, 5.74) is -0.463. The molecule has 0 aromatic carbocycles. The van der Waals surface area contributed by atoms with Gasteiger partial charge in [-0.1, -0.05) is 5.21 Å². The number of nitrogens with one attached hydrogen (secondary N) is 3. The van der Waals surface area contributed by atoms with Gasteiger partial charge in [-0.25, -0.2) is 4.79 Å². The molecule has 1 heterocycles. The summed E-state index contributed by atoms with van der Waals surface area (Å²) < 4.78 is 5.12. The van der Waals surface area contributed by atoms with E-state index in [1.165, 1.54) is 0 Å². The number of carbonyl (C=O) groups is 1. The zero-order valence-corrected chi connectivity index (χ0v) is 11.9. The molecule has 8 nitrogen and oxygen atoms in total. The molecule has 0 fully saturated rings. The highest BCUT2D eigenvalue weighted by atomic mass is 16.6. The smallest absolute Gasteiger partial charge is 0.407 e. The highest BCUT2D eigenvalue weighted by molar-refractivity contribution is 5.67. The molecule has 3 N–H and O–H groups in total. The Labute approximate surface area is 112 Å². The fourth-order valence-corrected chi connectivity index (χ4v) is 1.36. The average molecular weight is 270 g/mol. The summed E-state index contributed by atoms with van der Waals surface area (Å²) in [7, 11) is 0. The standard InChI is InChI=1S/C11H22N6O2/c1-8(9-14-16-17-15-9)12-6-5-7-13-10(18)19-11(2,3)4/h8,12H,5-7H2,1-4H3,(H,13,18)(H,14,15,16,17). The average Bonchev–Trinajstić information content (AvgIpc) is 2.79. The summed E-state index contributed by atoms with van der Waals surface area (Å²) in [6, 6.07) is 0.0280. The number of carbonyl (C=O) groups excluding carboxylic acids is 1. The van der Waals surface area contributed by atoms with E-state index in [-0.39, 0.29) is 6.04 Å². The van der Waals surface area contributed by atoms with Gasteiger partial charge in [-0.2, -0.15) is 5.21 Å². The van der Waals surface area contributed by atoms with Crippen LogP contribution in [0.5, 0.6) is 0 Å². The molecule has 0 spiro atoms. The van der Waals surface area contributed by atoms with Crippen molar-refractivity contribution in [2.75, 3.05) is 13.1 Å². The largest absolute Gasteiger partial charge is 0.444 e. The lowest BCUT2D eigenvalue weighted by molar-refractivity contribution is 0.0527. The molecular formula is C11H22N6O2. The Hall–Kier alpha value is -1.70. The minimum absolute atomic E-state index is 0.0280. The van der Waals surface area contributed by atoms with E-state index in [1.807, 2.05) is 27.7 Å². The molecular weight excluding hydrogens is 248 g/mol. The second-order valence-electron chi connectivity index (χ2n) is 5.23. The van der Waals surface area contributed by atoms with Crippen molar-refractivity contribution >= 4 is 6.09 Å². The first kappa shape index (κ1) is 15.4. The molecule has 1 rings (SSSR count). The number of nitrogens with zero attached hydrogens (tertiary/aromatic N) is 3. The van der Waals surface area contributed by atoms with Crippen molar-refractivity contribution in [3.05, 3.63) is 5.82 Å². The summed E-state index contributed by atoms with van der Waals surface area (Å²) in [4.78, 5) is 11.4. The topological polar surface area (TPSA) is 105 Å². The quantitative estimate of drug-likeness (QED) is 0.659. The Balaban J connectivity index is 2.07. The van der Waals surface area contributed by atoms with Crippen LogP contribution in [0.25, 0.3) is 0 Å². The summed E-state index contributed by atoms with van der Waals surface area (Å²) in [6.45, 7) is 8.75. The Morgan fingerprint density at radius 3 is 2.74 bits per heavy atom. The summed E-state index contributed by atoms with van der Waals surface area (Å²) >= 11 is 0. The number of ether oxygens (including phenoxy) is 1. The van der Waals surface area contributed by atoms with Gasteiger partial charge in [-0.3, -0.25) is 0 Å². The summed E-state index contributed by atoms with van der Waals surface area (Å²) in [5, 5.41) is 19.6. The molecule has 0 aliphatic rings. The minimum atomic E-state index is -0.463. The van der Waals surface area contributed by atoms with Crippen LogP contribution in [0.4, 0.5) is 4.79 Å². The fourth-order valence-electron chi connectivity index (χ4n) is 1.36. The molecule has 1 unspecified atom stereocenters. The Kier molecular flexibility index (Phi) is 5.68. The normalized spacial score (nSPS) is 13.1. The predicted octanol–water partition coefficient (Wildman–Crippen LogP) is 0.765. The van der Waals surface area contributed by atoms with Crippen LogP contribution >= 0.6 is 0 Å². The Morgan fingerprint density at radius 1 is 1.42 bits per heavy atom. The van der Waals surface area contributed by atoms with Crippen LogP contribution in [0.15, 0.2) is 0 Å². The Bertz CT molecular complexity index is 373. The van der Waals surface area contributed by atoms with Crippen molar-refractivity contribution in [2.45, 2.75) is 45.8 Å². The SMILES string of the molecule is CC(NCCCNC(=O)OC(C)(C)C)c1nn[nH]n1. The third kappa shape index (κ3) is 6.70. The fraction of sp³-hybridized carbons (Fsp3) is 0.818. The highest BCUT2D eigenvalue weighted by Crippen LogP contribution is 2.06. The van der Waals surface area contributed by atoms with Crippen molar-refractivity contribution in [3.8, 4) is 0 Å². The molecule has 108 valence electrons. The van der Waals surface area contributed by atoms with E-state index in [2.05, 4.69) is 31.3 Å². The maximum absolute atomic E-state index is 11.4. The van der Waals surface area contributed by atoms with Gasteiger partial charge >= 0.3 is 6.09 Å². The zero-order chi connectivity index (χ0) is 14.3. The maximum atomic E-state index is 11.4. The van der Waals surface area contributed by atoms with Gasteiger partial charge < -0.3 is 15.4 Å². The van der Waals surface area contributed by atoms with Crippen LogP contribution in [0, 0.1) is 0 Å². The summed E-state index contributed by atoms with van der Waals surface area (Å²) in [6.07, 6.45) is 0.403. The summed E-state index contributed by atoms with van der Waals surface area (Å²) in [5.74, 6) is 0.625. The number of aromatic nitrogens is 4. The molecule has 0 aliphatic carbocycles. The van der Waals surface area contributed by atoms with Gasteiger partial charge in [0, 0.05) is 6.54 Å². The van der Waals surface area contributed by atoms with Gasteiger partial charge in [0.05, 0.1) is 6.04 Å². The van der Waals surface area contributed by atoms with E-state index < -0.39 is 11.7 Å². The lowest BCUT2D eigenvalue weighted by Crippen LogP contribution is -2.34. The lowest BCUT2D eigenvalue weighted by atomic mass is 10.2. The van der Waals surface area contributed by atoms with Crippen LogP contribution < -0.4 is 10.6 Å². The van der Waals surface area contributed by atoms with Gasteiger partial charge in [0.1, 0.15) is 5.60 Å². The minimum Gasteiger partial charge on any atom is -0.444 e. The number of rotatable bonds is 6. The molecule has 8 heteroatoms. The van der Waals surface area contributed by atoms with E-state index in [9.17, 15) is 4.79 Å². The number of hydrogen-bond acceptors (Lipinski definition) is 6. The zero-order valence-electron chi connectivity index (χ0n) is 11.9. The van der Waals surface area contributed by atoms with Gasteiger partial charge in [0.15, 0.2) is 5.82 Å². The third-order valence-corrected chi connectivity index (χ3v) is 2.22. The second-order valence-corrected chi connectivity index (χ2v) is 5.23. The molecule has 0 aliphatic heterocycles. The van der Waals surface area contributed by atoms with Gasteiger partial charge in [0.25, 0.3) is 0 Å². The second kappa shape index (κ2) is 7.03. The number of alkyl carbamates (subject to hydrolysis) is 1.